The number of nitrogens with zero attached hydrogens (tertiary/aromatic N) is 3. The highest BCUT2D eigenvalue weighted by molar-refractivity contribution is 7.19. The zero-order chi connectivity index (χ0) is 13.5. The molecule has 3 heterocycles. The van der Waals surface area contributed by atoms with E-state index < -0.39 is 0 Å². The minimum atomic E-state index is 0.606. The maximum Gasteiger partial charge on any atom is 0.187 e. The summed E-state index contributed by atoms with van der Waals surface area (Å²) in [5.41, 5.74) is 7.20. The zero-order valence-corrected chi connectivity index (χ0v) is 12.1. The van der Waals surface area contributed by atoms with Crippen LogP contribution in [0.15, 0.2) is 36.5 Å². The molecule has 4 rings (SSSR count). The van der Waals surface area contributed by atoms with Gasteiger partial charge in [0.1, 0.15) is 5.00 Å². The summed E-state index contributed by atoms with van der Waals surface area (Å²) in [6.45, 7) is 3.29. The zero-order valence-electron chi connectivity index (χ0n) is 11.3. The van der Waals surface area contributed by atoms with E-state index in [4.69, 9.17) is 5.73 Å². The molecule has 2 N–H and O–H groups in total. The SMILES string of the molecule is Nc1cnc(N2CC3CC2CN3Cc2ccccc2)s1. The minimum Gasteiger partial charge on any atom is -0.389 e. The second-order valence-corrected chi connectivity index (χ2v) is 6.70. The molecule has 0 amide bonds. The Morgan fingerprint density at radius 3 is 2.70 bits per heavy atom. The number of nitrogen functional groups attached to an aromatic ring is 1. The smallest absolute Gasteiger partial charge is 0.187 e. The van der Waals surface area contributed by atoms with Gasteiger partial charge in [-0.1, -0.05) is 41.7 Å². The van der Waals surface area contributed by atoms with Crippen molar-refractivity contribution in [1.82, 2.24) is 9.88 Å². The van der Waals surface area contributed by atoms with Crippen LogP contribution < -0.4 is 10.6 Å². The minimum absolute atomic E-state index is 0.606. The van der Waals surface area contributed by atoms with Gasteiger partial charge < -0.3 is 10.6 Å². The summed E-state index contributed by atoms with van der Waals surface area (Å²) in [6, 6.07) is 12.0. The Morgan fingerprint density at radius 2 is 2.05 bits per heavy atom. The summed E-state index contributed by atoms with van der Waals surface area (Å²) in [4.78, 5) is 9.47. The van der Waals surface area contributed by atoms with Crippen LogP contribution >= 0.6 is 11.3 Å². The van der Waals surface area contributed by atoms with E-state index in [1.807, 2.05) is 0 Å². The van der Waals surface area contributed by atoms with Crippen molar-refractivity contribution in [3.8, 4) is 0 Å². The average Bonchev–Trinajstić information content (AvgIpc) is 3.14. The summed E-state index contributed by atoms with van der Waals surface area (Å²) < 4.78 is 0. The fraction of sp³-hybridized carbons (Fsp3) is 0.400. The van der Waals surface area contributed by atoms with Crippen molar-refractivity contribution in [3.63, 3.8) is 0 Å². The van der Waals surface area contributed by atoms with Crippen molar-refractivity contribution in [2.45, 2.75) is 25.0 Å². The molecule has 0 aliphatic carbocycles. The van der Waals surface area contributed by atoms with Gasteiger partial charge in [-0.25, -0.2) is 4.98 Å². The van der Waals surface area contributed by atoms with Gasteiger partial charge in [0.25, 0.3) is 0 Å². The lowest BCUT2D eigenvalue weighted by molar-refractivity contribution is 0.230. The van der Waals surface area contributed by atoms with Gasteiger partial charge in [-0.05, 0) is 12.0 Å². The first-order chi connectivity index (χ1) is 9.79. The van der Waals surface area contributed by atoms with Gasteiger partial charge in [0.05, 0.1) is 6.20 Å². The number of likely N-dealkylation sites (tertiary alicyclic amines) is 1. The molecule has 5 heteroatoms. The lowest BCUT2D eigenvalue weighted by Gasteiger charge is -2.34. The van der Waals surface area contributed by atoms with Crippen LogP contribution in [0.4, 0.5) is 10.1 Å². The van der Waals surface area contributed by atoms with Crippen LogP contribution in [0.5, 0.6) is 0 Å². The van der Waals surface area contributed by atoms with Crippen molar-refractivity contribution in [1.29, 1.82) is 0 Å². The Kier molecular flexibility index (Phi) is 2.89. The molecule has 2 aliphatic heterocycles. The molecule has 0 radical (unpaired) electrons. The molecule has 0 saturated carbocycles. The average molecular weight is 286 g/mol. The standard InChI is InChI=1S/C15H18N4S/c16-14-7-17-15(20-14)19-10-12-6-13(19)9-18(12)8-11-4-2-1-3-5-11/h1-5,7,12-13H,6,8-10,16H2. The molecule has 104 valence electrons. The van der Waals surface area contributed by atoms with Crippen LogP contribution in [0.25, 0.3) is 0 Å². The first kappa shape index (κ1) is 12.2. The molecule has 2 bridgehead atoms. The maximum atomic E-state index is 5.79. The highest BCUT2D eigenvalue weighted by Crippen LogP contribution is 2.37. The van der Waals surface area contributed by atoms with Crippen LogP contribution in [-0.2, 0) is 6.54 Å². The number of piperazine rings is 1. The summed E-state index contributed by atoms with van der Waals surface area (Å²) in [5.74, 6) is 0. The number of rotatable bonds is 3. The third-order valence-corrected chi connectivity index (χ3v) is 5.20. The van der Waals surface area contributed by atoms with Crippen LogP contribution in [0, 0.1) is 0 Å². The number of hydrogen-bond donors (Lipinski definition) is 1. The number of fused-ring (bicyclic) bond motifs is 2. The monoisotopic (exact) mass is 286 g/mol. The molecular weight excluding hydrogens is 268 g/mol. The van der Waals surface area contributed by atoms with E-state index in [-0.39, 0.29) is 0 Å². The van der Waals surface area contributed by atoms with Gasteiger partial charge in [-0.2, -0.15) is 0 Å². The number of benzene rings is 1. The number of nitrogens with two attached hydrogens (primary N) is 1. The largest absolute Gasteiger partial charge is 0.389 e. The lowest BCUT2D eigenvalue weighted by atomic mass is 10.2. The third kappa shape index (κ3) is 2.07. The van der Waals surface area contributed by atoms with Gasteiger partial charge in [0, 0.05) is 31.7 Å². The Labute approximate surface area is 122 Å². The van der Waals surface area contributed by atoms with E-state index >= 15 is 0 Å². The first-order valence-corrected chi connectivity index (χ1v) is 7.87. The van der Waals surface area contributed by atoms with Gasteiger partial charge in [-0.3, -0.25) is 4.90 Å². The van der Waals surface area contributed by atoms with E-state index in [1.54, 1.807) is 17.5 Å². The van der Waals surface area contributed by atoms with Gasteiger partial charge >= 0.3 is 0 Å². The summed E-state index contributed by atoms with van der Waals surface area (Å²) in [7, 11) is 0. The maximum absolute atomic E-state index is 5.79. The third-order valence-electron chi connectivity index (χ3n) is 4.34. The molecule has 2 aliphatic rings. The van der Waals surface area contributed by atoms with E-state index in [2.05, 4.69) is 45.1 Å². The Hall–Kier alpha value is -1.59. The molecule has 2 fully saturated rings. The number of anilines is 2. The Bertz CT molecular complexity index is 597. The second-order valence-electron chi connectivity index (χ2n) is 5.66. The topological polar surface area (TPSA) is 45.4 Å². The summed E-state index contributed by atoms with van der Waals surface area (Å²) in [6.07, 6.45) is 3.03. The fourth-order valence-electron chi connectivity index (χ4n) is 3.40. The molecule has 0 spiro atoms. The number of aromatic nitrogens is 1. The Morgan fingerprint density at radius 1 is 1.20 bits per heavy atom. The van der Waals surface area contributed by atoms with Crippen LogP contribution in [0.1, 0.15) is 12.0 Å². The molecular formula is C15H18N4S. The predicted molar refractivity (Wildman–Crippen MR) is 82.9 cm³/mol. The van der Waals surface area contributed by atoms with Gasteiger partial charge in [-0.15, -0.1) is 0 Å². The number of hydrogen-bond acceptors (Lipinski definition) is 5. The van der Waals surface area contributed by atoms with Crippen molar-refractivity contribution in [2.75, 3.05) is 23.7 Å². The van der Waals surface area contributed by atoms with E-state index in [0.29, 0.717) is 12.1 Å². The predicted octanol–water partition coefficient (Wildman–Crippen LogP) is 2.19. The number of thiazole rings is 1. The summed E-state index contributed by atoms with van der Waals surface area (Å²) in [5, 5.41) is 1.90. The molecule has 2 unspecified atom stereocenters. The lowest BCUT2D eigenvalue weighted by Crippen LogP contribution is -2.45. The molecule has 2 atom stereocenters. The van der Waals surface area contributed by atoms with Crippen molar-refractivity contribution >= 4 is 21.5 Å². The molecule has 4 nitrogen and oxygen atoms in total. The highest BCUT2D eigenvalue weighted by Gasteiger charge is 2.43. The normalized spacial score (nSPS) is 25.5. The summed E-state index contributed by atoms with van der Waals surface area (Å²) >= 11 is 1.60. The first-order valence-electron chi connectivity index (χ1n) is 7.05. The van der Waals surface area contributed by atoms with Crippen LogP contribution in [0.3, 0.4) is 0 Å². The van der Waals surface area contributed by atoms with Crippen LogP contribution in [-0.4, -0.2) is 35.1 Å². The molecule has 1 aromatic carbocycles. The van der Waals surface area contributed by atoms with Gasteiger partial charge in [0.2, 0.25) is 0 Å². The fourth-order valence-corrected chi connectivity index (χ4v) is 4.17. The van der Waals surface area contributed by atoms with E-state index in [0.717, 1.165) is 29.8 Å². The molecule has 2 aromatic rings. The molecule has 2 saturated heterocycles. The van der Waals surface area contributed by atoms with Gasteiger partial charge in [0.15, 0.2) is 5.13 Å². The van der Waals surface area contributed by atoms with E-state index in [1.165, 1.54) is 12.0 Å². The van der Waals surface area contributed by atoms with E-state index in [9.17, 15) is 0 Å². The Balaban J connectivity index is 1.45. The van der Waals surface area contributed by atoms with Crippen molar-refractivity contribution < 1.29 is 0 Å². The molecule has 1 aromatic heterocycles. The second kappa shape index (κ2) is 4.75. The van der Waals surface area contributed by atoms with Crippen molar-refractivity contribution in [2.24, 2.45) is 0 Å². The molecule has 20 heavy (non-hydrogen) atoms. The quantitative estimate of drug-likeness (QED) is 0.939. The van der Waals surface area contributed by atoms with Crippen molar-refractivity contribution in [3.05, 3.63) is 42.1 Å². The highest BCUT2D eigenvalue weighted by atomic mass is 32.1. The van der Waals surface area contributed by atoms with Crippen LogP contribution in [0.2, 0.25) is 0 Å².